The maximum absolute atomic E-state index is 13.7. The van der Waals surface area contributed by atoms with Gasteiger partial charge in [0.1, 0.15) is 35.9 Å². The number of fused-ring (bicyclic) bond motifs is 5. The number of anilines is 1. The highest BCUT2D eigenvalue weighted by molar-refractivity contribution is 6.04. The van der Waals surface area contributed by atoms with Crippen molar-refractivity contribution in [1.29, 1.82) is 0 Å². The monoisotopic (exact) mass is 711 g/mol. The Hall–Kier alpha value is -4.99. The molecule has 7 atom stereocenters. The van der Waals surface area contributed by atoms with E-state index in [9.17, 15) is 19.2 Å². The van der Waals surface area contributed by atoms with E-state index in [0.29, 0.717) is 28.9 Å². The fraction of sp³-hybridized carbons (Fsp3) is 0.486. The smallest absolute Gasteiger partial charge is 0.317 e. The van der Waals surface area contributed by atoms with Crippen molar-refractivity contribution in [3.63, 3.8) is 0 Å². The van der Waals surface area contributed by atoms with Crippen molar-refractivity contribution in [2.75, 3.05) is 19.3 Å². The molecule has 4 fully saturated rings. The first-order valence-corrected chi connectivity index (χ1v) is 17.3. The Kier molecular flexibility index (Phi) is 7.55. The first-order chi connectivity index (χ1) is 24.5. The SMILES string of the molecule is CN1C(=O)[C@@]2(C)CC(C)(C(=O)Oc3ccc4cc(C(=O)NC[C@H]5O[C@@H](n6cnc7c(N)ncnc76)[C@@H]6OC(C)(C)O[C@@H]65)ccc4c3)C[C@](C)(C2)C1=O. The van der Waals surface area contributed by atoms with Crippen LogP contribution in [0.25, 0.3) is 21.9 Å². The molecule has 1 aliphatic carbocycles. The molecule has 2 bridgehead atoms. The molecular formula is C37H41N7O8. The number of amides is 3. The molecular weight excluding hydrogens is 670 g/mol. The predicted molar refractivity (Wildman–Crippen MR) is 185 cm³/mol. The topological polar surface area (TPSA) is 190 Å². The van der Waals surface area contributed by atoms with Gasteiger partial charge in [-0.2, -0.15) is 0 Å². The summed E-state index contributed by atoms with van der Waals surface area (Å²) in [6.07, 6.45) is 1.78. The molecule has 4 aromatic rings. The van der Waals surface area contributed by atoms with Gasteiger partial charge in [-0.1, -0.05) is 26.0 Å². The number of hydrogen-bond donors (Lipinski definition) is 2. The fourth-order valence-electron chi connectivity index (χ4n) is 9.18. The van der Waals surface area contributed by atoms with Crippen LogP contribution in [0.2, 0.25) is 0 Å². The van der Waals surface area contributed by atoms with Crippen LogP contribution in [0.3, 0.4) is 0 Å². The van der Waals surface area contributed by atoms with Crippen molar-refractivity contribution >= 4 is 51.4 Å². The third-order valence-corrected chi connectivity index (χ3v) is 11.0. The van der Waals surface area contributed by atoms with Crippen molar-refractivity contribution in [3.8, 4) is 5.75 Å². The number of esters is 1. The molecule has 2 aromatic heterocycles. The molecule has 1 unspecified atom stereocenters. The molecule has 8 rings (SSSR count). The summed E-state index contributed by atoms with van der Waals surface area (Å²) in [6, 6.07) is 10.4. The van der Waals surface area contributed by atoms with E-state index in [2.05, 4.69) is 20.3 Å². The van der Waals surface area contributed by atoms with Gasteiger partial charge in [-0.25, -0.2) is 15.0 Å². The zero-order valence-corrected chi connectivity index (χ0v) is 29.8. The number of rotatable bonds is 6. The molecule has 0 spiro atoms. The second kappa shape index (κ2) is 11.5. The normalized spacial score (nSPS) is 32.3. The van der Waals surface area contributed by atoms with Crippen LogP contribution in [0, 0.1) is 16.2 Å². The number of likely N-dealkylation sites (tertiary alicyclic amines) is 1. The average molecular weight is 712 g/mol. The highest BCUT2D eigenvalue weighted by Gasteiger charge is 2.63. The van der Waals surface area contributed by atoms with Crippen molar-refractivity contribution in [2.45, 2.75) is 84.2 Å². The maximum Gasteiger partial charge on any atom is 0.317 e. The summed E-state index contributed by atoms with van der Waals surface area (Å²) in [5, 5.41) is 4.51. The Morgan fingerprint density at radius 2 is 1.60 bits per heavy atom. The van der Waals surface area contributed by atoms with E-state index >= 15 is 0 Å². The number of piperidine rings is 1. The van der Waals surface area contributed by atoms with Crippen molar-refractivity contribution < 1.29 is 38.1 Å². The Balaban J connectivity index is 0.949. The van der Waals surface area contributed by atoms with Crippen LogP contribution in [0.5, 0.6) is 5.75 Å². The van der Waals surface area contributed by atoms with Crippen LogP contribution < -0.4 is 15.8 Å². The number of nitrogen functional groups attached to an aromatic ring is 1. The third kappa shape index (κ3) is 5.40. The van der Waals surface area contributed by atoms with E-state index in [1.165, 1.54) is 18.3 Å². The summed E-state index contributed by atoms with van der Waals surface area (Å²) < 4.78 is 26.5. The second-order valence-corrected chi connectivity index (χ2v) is 15.9. The number of nitrogens with one attached hydrogen (secondary N) is 1. The molecule has 1 saturated carbocycles. The van der Waals surface area contributed by atoms with Gasteiger partial charge in [0.2, 0.25) is 11.8 Å². The van der Waals surface area contributed by atoms with Gasteiger partial charge >= 0.3 is 5.97 Å². The lowest BCUT2D eigenvalue weighted by Gasteiger charge is -2.55. The van der Waals surface area contributed by atoms with E-state index in [1.54, 1.807) is 54.2 Å². The van der Waals surface area contributed by atoms with Crippen molar-refractivity contribution in [2.24, 2.45) is 16.2 Å². The highest BCUT2D eigenvalue weighted by Crippen LogP contribution is 2.58. The summed E-state index contributed by atoms with van der Waals surface area (Å²) in [6.45, 7) is 9.24. The van der Waals surface area contributed by atoms with Gasteiger partial charge in [-0.3, -0.25) is 28.6 Å². The summed E-state index contributed by atoms with van der Waals surface area (Å²) in [7, 11) is 1.51. The molecule has 2 aromatic carbocycles. The first kappa shape index (κ1) is 34.1. The van der Waals surface area contributed by atoms with Crippen LogP contribution in [-0.2, 0) is 28.6 Å². The number of nitrogens with zero attached hydrogens (tertiary/aromatic N) is 5. The van der Waals surface area contributed by atoms with Crippen molar-refractivity contribution in [1.82, 2.24) is 29.7 Å². The number of carbonyl (C=O) groups excluding carboxylic acids is 4. The zero-order valence-electron chi connectivity index (χ0n) is 29.8. The minimum absolute atomic E-state index is 0.150. The van der Waals surface area contributed by atoms with E-state index < -0.39 is 52.5 Å². The second-order valence-electron chi connectivity index (χ2n) is 15.9. The third-order valence-electron chi connectivity index (χ3n) is 11.0. The summed E-state index contributed by atoms with van der Waals surface area (Å²) in [4.78, 5) is 67.2. The summed E-state index contributed by atoms with van der Waals surface area (Å²) in [5.41, 5.74) is 4.66. The molecule has 272 valence electrons. The zero-order chi connectivity index (χ0) is 37.0. The lowest BCUT2D eigenvalue weighted by Crippen LogP contribution is -2.63. The Bertz CT molecular complexity index is 2160. The maximum atomic E-state index is 13.7. The van der Waals surface area contributed by atoms with Crippen molar-refractivity contribution in [3.05, 3.63) is 54.6 Å². The molecule has 3 N–H and O–H groups in total. The number of benzene rings is 2. The molecule has 3 amide bonds. The Morgan fingerprint density at radius 3 is 2.33 bits per heavy atom. The average Bonchev–Trinajstić information content (AvgIpc) is 3.76. The van der Waals surface area contributed by atoms with Gasteiger partial charge in [0.25, 0.3) is 5.91 Å². The van der Waals surface area contributed by atoms with E-state index in [4.69, 9.17) is 24.7 Å². The molecule has 15 heteroatoms. The first-order valence-electron chi connectivity index (χ1n) is 17.3. The van der Waals surface area contributed by atoms with E-state index in [0.717, 1.165) is 10.8 Å². The predicted octanol–water partition coefficient (Wildman–Crippen LogP) is 3.52. The molecule has 3 saturated heterocycles. The minimum atomic E-state index is -1.03. The van der Waals surface area contributed by atoms with Gasteiger partial charge in [0.15, 0.2) is 23.5 Å². The highest BCUT2D eigenvalue weighted by atomic mass is 16.8. The summed E-state index contributed by atoms with van der Waals surface area (Å²) >= 11 is 0. The van der Waals surface area contributed by atoms with Crippen LogP contribution in [-0.4, -0.2) is 85.8 Å². The number of ether oxygens (including phenoxy) is 4. The van der Waals surface area contributed by atoms with Gasteiger partial charge < -0.3 is 30.0 Å². The molecule has 15 nitrogen and oxygen atoms in total. The number of nitrogens with two attached hydrogens (primary N) is 1. The number of carbonyl (C=O) groups is 4. The summed E-state index contributed by atoms with van der Waals surface area (Å²) in [5.74, 6) is -1.60. The molecule has 52 heavy (non-hydrogen) atoms. The number of aromatic nitrogens is 4. The quantitative estimate of drug-likeness (QED) is 0.168. The van der Waals surface area contributed by atoms with Gasteiger partial charge in [0, 0.05) is 30.0 Å². The Labute approximate surface area is 299 Å². The Morgan fingerprint density at radius 1 is 0.923 bits per heavy atom. The van der Waals surface area contributed by atoms with Gasteiger partial charge in [-0.05, 0) is 75.1 Å². The van der Waals surface area contributed by atoms with Gasteiger partial charge in [0.05, 0.1) is 11.7 Å². The minimum Gasteiger partial charge on any atom is -0.426 e. The lowest BCUT2D eigenvalue weighted by atomic mass is 9.52. The number of imide groups is 1. The molecule has 5 heterocycles. The van der Waals surface area contributed by atoms with E-state index in [-0.39, 0.29) is 42.9 Å². The van der Waals surface area contributed by atoms with E-state index in [1.807, 2.05) is 27.7 Å². The number of imidazole rings is 1. The van der Waals surface area contributed by atoms with Gasteiger partial charge in [-0.15, -0.1) is 0 Å². The molecule has 4 aliphatic rings. The lowest BCUT2D eigenvalue weighted by molar-refractivity contribution is -0.195. The standard InChI is InChI=1S/C37H41N7O8/c1-34(2)51-25-23(50-30(26(25)52-34)44-18-42-24-27(38)40-17-41-28(24)44)13-39-29(45)21-8-7-20-12-22(10-9-19(20)11-21)49-33(48)37(5)15-35(3)14-36(4,16-37)32(47)43(6)31(35)46/h7-12,17-18,23,25-26,30H,13-16H2,1-6H3,(H,39,45)(H2,38,40,41)/t23-,25-,26-,30-,35-,36+,37?/m1/s1. The molecule has 3 aliphatic heterocycles. The van der Waals surface area contributed by atoms with Crippen LogP contribution in [0.1, 0.15) is 70.5 Å². The largest absolute Gasteiger partial charge is 0.426 e. The fourth-order valence-corrected chi connectivity index (χ4v) is 9.18. The number of hydrogen-bond acceptors (Lipinski definition) is 12. The van der Waals surface area contributed by atoms with Crippen LogP contribution in [0.15, 0.2) is 49.1 Å². The van der Waals surface area contributed by atoms with Crippen LogP contribution >= 0.6 is 0 Å². The molecule has 0 radical (unpaired) electrons. The van der Waals surface area contributed by atoms with Crippen LogP contribution in [0.4, 0.5) is 5.82 Å².